The number of carbonyl (C=O) groups is 1. The molecule has 0 saturated carbocycles. The lowest BCUT2D eigenvalue weighted by Gasteiger charge is -2.06. The number of rotatable bonds is 6. The summed E-state index contributed by atoms with van der Waals surface area (Å²) in [5, 5.41) is 15.6. The molecular weight excluding hydrogens is 362 g/mol. The van der Waals surface area contributed by atoms with E-state index in [1.807, 2.05) is 54.6 Å². The Balaban J connectivity index is 1.41. The van der Waals surface area contributed by atoms with E-state index in [0.29, 0.717) is 17.9 Å². The lowest BCUT2D eigenvalue weighted by molar-refractivity contribution is 0.102. The Morgan fingerprint density at radius 1 is 0.897 bits per heavy atom. The Hall–Kier alpha value is -3.80. The maximum Gasteiger partial charge on any atom is 0.255 e. The van der Waals surface area contributed by atoms with Crippen molar-refractivity contribution >= 4 is 11.6 Å². The molecule has 4 aromatic rings. The van der Waals surface area contributed by atoms with E-state index in [-0.39, 0.29) is 5.91 Å². The molecule has 0 aliphatic rings. The minimum absolute atomic E-state index is 0.139. The van der Waals surface area contributed by atoms with Crippen molar-refractivity contribution in [2.75, 3.05) is 5.32 Å². The van der Waals surface area contributed by atoms with Crippen LogP contribution in [-0.2, 0) is 13.0 Å². The molecule has 6 heteroatoms. The highest BCUT2D eigenvalue weighted by Gasteiger charge is 2.08. The molecular formula is C23H21N5O. The molecule has 1 aromatic heterocycles. The maximum absolute atomic E-state index is 12.3. The van der Waals surface area contributed by atoms with Crippen LogP contribution in [0.15, 0.2) is 78.9 Å². The van der Waals surface area contributed by atoms with Crippen LogP contribution in [0.4, 0.5) is 5.69 Å². The Bertz CT molecular complexity index is 1090. The Kier molecular flexibility index (Phi) is 5.42. The van der Waals surface area contributed by atoms with Gasteiger partial charge in [-0.15, -0.1) is 10.2 Å². The van der Waals surface area contributed by atoms with Crippen molar-refractivity contribution in [2.24, 2.45) is 0 Å². The Morgan fingerprint density at radius 2 is 1.59 bits per heavy atom. The van der Waals surface area contributed by atoms with Crippen molar-refractivity contribution < 1.29 is 4.79 Å². The molecule has 144 valence electrons. The summed E-state index contributed by atoms with van der Waals surface area (Å²) in [7, 11) is 0. The SMILES string of the molecule is CCc1ccc(-c2nnn(Cc3ccc(C(=O)Nc4ccccc4)cc3)n2)cc1. The zero-order valence-corrected chi connectivity index (χ0v) is 16.1. The van der Waals surface area contributed by atoms with Crippen LogP contribution in [-0.4, -0.2) is 26.1 Å². The molecule has 0 fully saturated rings. The third kappa shape index (κ3) is 4.55. The lowest BCUT2D eigenvalue weighted by Crippen LogP contribution is -2.12. The smallest absolute Gasteiger partial charge is 0.255 e. The third-order valence-corrected chi connectivity index (χ3v) is 4.65. The number of aryl methyl sites for hydroxylation is 1. The number of hydrogen-bond acceptors (Lipinski definition) is 4. The van der Waals surface area contributed by atoms with E-state index >= 15 is 0 Å². The van der Waals surface area contributed by atoms with Gasteiger partial charge in [-0.2, -0.15) is 4.80 Å². The number of para-hydroxylation sites is 1. The van der Waals surface area contributed by atoms with Gasteiger partial charge in [0.15, 0.2) is 0 Å². The first-order valence-corrected chi connectivity index (χ1v) is 9.54. The van der Waals surface area contributed by atoms with Gasteiger partial charge in [-0.25, -0.2) is 0 Å². The largest absolute Gasteiger partial charge is 0.322 e. The van der Waals surface area contributed by atoms with Gasteiger partial charge in [0.05, 0.1) is 6.54 Å². The fourth-order valence-electron chi connectivity index (χ4n) is 2.96. The zero-order valence-electron chi connectivity index (χ0n) is 16.1. The number of hydrogen-bond donors (Lipinski definition) is 1. The molecule has 1 amide bonds. The summed E-state index contributed by atoms with van der Waals surface area (Å²) in [6, 6.07) is 25.0. The number of tetrazole rings is 1. The van der Waals surface area contributed by atoms with Gasteiger partial charge in [0.2, 0.25) is 5.82 Å². The van der Waals surface area contributed by atoms with Crippen LogP contribution in [0.3, 0.4) is 0 Å². The van der Waals surface area contributed by atoms with Crippen LogP contribution in [0, 0.1) is 0 Å². The molecule has 3 aromatic carbocycles. The second-order valence-corrected chi connectivity index (χ2v) is 6.71. The first kappa shape index (κ1) is 18.6. The predicted molar refractivity (Wildman–Crippen MR) is 113 cm³/mol. The standard InChI is InChI=1S/C23H21N5O/c1-2-17-8-12-19(13-9-17)22-25-27-28(26-22)16-18-10-14-20(15-11-18)23(29)24-21-6-4-3-5-7-21/h3-15H,2,16H2,1H3,(H,24,29). The maximum atomic E-state index is 12.3. The number of carbonyl (C=O) groups excluding carboxylic acids is 1. The average molecular weight is 383 g/mol. The minimum atomic E-state index is -0.139. The molecule has 0 unspecified atom stereocenters. The van der Waals surface area contributed by atoms with E-state index in [4.69, 9.17) is 0 Å². The predicted octanol–water partition coefficient (Wildman–Crippen LogP) is 4.20. The molecule has 0 aliphatic heterocycles. The summed E-state index contributed by atoms with van der Waals surface area (Å²) in [6.45, 7) is 2.61. The van der Waals surface area contributed by atoms with E-state index in [2.05, 4.69) is 39.8 Å². The summed E-state index contributed by atoms with van der Waals surface area (Å²) in [6.07, 6.45) is 1.000. The summed E-state index contributed by atoms with van der Waals surface area (Å²) in [4.78, 5) is 13.9. The Labute approximate surface area is 169 Å². The fraction of sp³-hybridized carbons (Fsp3) is 0.130. The van der Waals surface area contributed by atoms with Gasteiger partial charge in [0.1, 0.15) is 0 Å². The van der Waals surface area contributed by atoms with Crippen LogP contribution in [0.2, 0.25) is 0 Å². The molecule has 4 rings (SSSR count). The number of aromatic nitrogens is 4. The van der Waals surface area contributed by atoms with Crippen LogP contribution >= 0.6 is 0 Å². The summed E-state index contributed by atoms with van der Waals surface area (Å²) in [5.74, 6) is 0.464. The minimum Gasteiger partial charge on any atom is -0.322 e. The van der Waals surface area contributed by atoms with Crippen LogP contribution < -0.4 is 5.32 Å². The second kappa shape index (κ2) is 8.48. The van der Waals surface area contributed by atoms with Crippen molar-refractivity contribution in [1.82, 2.24) is 20.2 Å². The summed E-state index contributed by atoms with van der Waals surface area (Å²) in [5.41, 5.74) is 4.58. The van der Waals surface area contributed by atoms with E-state index in [9.17, 15) is 4.79 Å². The lowest BCUT2D eigenvalue weighted by atomic mass is 10.1. The molecule has 29 heavy (non-hydrogen) atoms. The zero-order chi connectivity index (χ0) is 20.1. The van der Waals surface area contributed by atoms with Gasteiger partial charge >= 0.3 is 0 Å². The monoisotopic (exact) mass is 383 g/mol. The molecule has 0 saturated heterocycles. The van der Waals surface area contributed by atoms with E-state index in [0.717, 1.165) is 23.2 Å². The number of amides is 1. The van der Waals surface area contributed by atoms with Gasteiger partial charge in [-0.3, -0.25) is 4.79 Å². The highest BCUT2D eigenvalue weighted by atomic mass is 16.1. The number of benzene rings is 3. The van der Waals surface area contributed by atoms with E-state index < -0.39 is 0 Å². The average Bonchev–Trinajstić information content (AvgIpc) is 3.23. The number of nitrogens with one attached hydrogen (secondary N) is 1. The first-order valence-electron chi connectivity index (χ1n) is 9.54. The van der Waals surface area contributed by atoms with Crippen molar-refractivity contribution in [3.05, 3.63) is 95.6 Å². The second-order valence-electron chi connectivity index (χ2n) is 6.71. The van der Waals surface area contributed by atoms with Crippen molar-refractivity contribution in [3.63, 3.8) is 0 Å². The summed E-state index contributed by atoms with van der Waals surface area (Å²) < 4.78 is 0. The highest BCUT2D eigenvalue weighted by molar-refractivity contribution is 6.04. The van der Waals surface area contributed by atoms with Gasteiger partial charge in [-0.05, 0) is 47.0 Å². The first-order chi connectivity index (χ1) is 14.2. The van der Waals surface area contributed by atoms with Crippen LogP contribution in [0.1, 0.15) is 28.4 Å². The number of nitrogens with zero attached hydrogens (tertiary/aromatic N) is 4. The van der Waals surface area contributed by atoms with Crippen LogP contribution in [0.5, 0.6) is 0 Å². The van der Waals surface area contributed by atoms with Gasteiger partial charge in [0, 0.05) is 16.8 Å². The topological polar surface area (TPSA) is 72.7 Å². The van der Waals surface area contributed by atoms with Gasteiger partial charge in [0.25, 0.3) is 5.91 Å². The molecule has 6 nitrogen and oxygen atoms in total. The van der Waals surface area contributed by atoms with Crippen molar-refractivity contribution in [2.45, 2.75) is 19.9 Å². The molecule has 1 heterocycles. The Morgan fingerprint density at radius 3 is 2.28 bits per heavy atom. The molecule has 0 radical (unpaired) electrons. The van der Waals surface area contributed by atoms with Crippen molar-refractivity contribution in [3.8, 4) is 11.4 Å². The molecule has 1 N–H and O–H groups in total. The quantitative estimate of drug-likeness (QED) is 0.541. The molecule has 0 spiro atoms. The van der Waals surface area contributed by atoms with Gasteiger partial charge in [-0.1, -0.05) is 61.5 Å². The fourth-order valence-corrected chi connectivity index (χ4v) is 2.96. The van der Waals surface area contributed by atoms with Gasteiger partial charge < -0.3 is 5.32 Å². The molecule has 0 aliphatic carbocycles. The molecule has 0 bridgehead atoms. The van der Waals surface area contributed by atoms with Crippen molar-refractivity contribution in [1.29, 1.82) is 0 Å². The molecule has 0 atom stereocenters. The normalized spacial score (nSPS) is 10.7. The number of anilines is 1. The van der Waals surface area contributed by atoms with Crippen LogP contribution in [0.25, 0.3) is 11.4 Å². The van der Waals surface area contributed by atoms with E-state index in [1.54, 1.807) is 16.9 Å². The van der Waals surface area contributed by atoms with E-state index in [1.165, 1.54) is 5.56 Å². The third-order valence-electron chi connectivity index (χ3n) is 4.65. The summed E-state index contributed by atoms with van der Waals surface area (Å²) >= 11 is 0. The highest BCUT2D eigenvalue weighted by Crippen LogP contribution is 2.15.